The number of halogens is 1. The lowest BCUT2D eigenvalue weighted by atomic mass is 10.3. The molecule has 1 aromatic carbocycles. The maximum atomic E-state index is 11.8. The van der Waals surface area contributed by atoms with Gasteiger partial charge in [-0.15, -0.1) is 0 Å². The van der Waals surface area contributed by atoms with Crippen molar-refractivity contribution in [2.24, 2.45) is 0 Å². The summed E-state index contributed by atoms with van der Waals surface area (Å²) in [4.78, 5) is 11.3. The van der Waals surface area contributed by atoms with Gasteiger partial charge in [-0.05, 0) is 30.7 Å². The largest absolute Gasteiger partial charge is 0.480 e. The van der Waals surface area contributed by atoms with E-state index in [9.17, 15) is 9.00 Å². The Bertz CT molecular complexity index is 375. The van der Waals surface area contributed by atoms with Crippen molar-refractivity contribution in [3.63, 3.8) is 0 Å². The van der Waals surface area contributed by atoms with Crippen molar-refractivity contribution >= 4 is 28.4 Å². The Morgan fingerprint density at radius 1 is 1.47 bits per heavy atom. The van der Waals surface area contributed by atoms with Gasteiger partial charge in [0.2, 0.25) is 0 Å². The Balaban J connectivity index is 2.93. The minimum Gasteiger partial charge on any atom is -0.480 e. The zero-order valence-corrected chi connectivity index (χ0v) is 9.72. The van der Waals surface area contributed by atoms with Crippen molar-refractivity contribution in [3.05, 3.63) is 29.3 Å². The van der Waals surface area contributed by atoms with Gasteiger partial charge in [-0.3, -0.25) is 9.00 Å². The van der Waals surface area contributed by atoms with Crippen LogP contribution in [-0.2, 0) is 15.6 Å². The molecule has 0 aliphatic rings. The Kier molecular flexibility index (Phi) is 4.29. The van der Waals surface area contributed by atoms with E-state index in [1.807, 2.05) is 0 Å². The highest BCUT2D eigenvalue weighted by Gasteiger charge is 2.23. The van der Waals surface area contributed by atoms with E-state index in [1.165, 1.54) is 0 Å². The van der Waals surface area contributed by atoms with Crippen molar-refractivity contribution in [2.45, 2.75) is 23.5 Å². The third-order valence-corrected chi connectivity index (χ3v) is 3.99. The van der Waals surface area contributed by atoms with Gasteiger partial charge in [0.1, 0.15) is 5.25 Å². The summed E-state index contributed by atoms with van der Waals surface area (Å²) in [6.45, 7) is 1.70. The molecule has 82 valence electrons. The fourth-order valence-corrected chi connectivity index (χ4v) is 2.50. The normalized spacial score (nSPS) is 14.5. The monoisotopic (exact) mass is 246 g/mol. The van der Waals surface area contributed by atoms with E-state index in [0.717, 1.165) is 0 Å². The van der Waals surface area contributed by atoms with Gasteiger partial charge in [0, 0.05) is 9.92 Å². The van der Waals surface area contributed by atoms with Crippen molar-refractivity contribution in [1.29, 1.82) is 0 Å². The molecule has 1 aromatic rings. The van der Waals surface area contributed by atoms with Crippen LogP contribution in [0, 0.1) is 0 Å². The quantitative estimate of drug-likeness (QED) is 0.887. The topological polar surface area (TPSA) is 54.4 Å². The molecule has 0 radical (unpaired) electrons. The van der Waals surface area contributed by atoms with Crippen LogP contribution in [0.5, 0.6) is 0 Å². The van der Waals surface area contributed by atoms with E-state index in [1.54, 1.807) is 31.2 Å². The highest BCUT2D eigenvalue weighted by atomic mass is 35.5. The van der Waals surface area contributed by atoms with Gasteiger partial charge >= 0.3 is 5.97 Å². The van der Waals surface area contributed by atoms with Gasteiger partial charge in [-0.2, -0.15) is 0 Å². The van der Waals surface area contributed by atoms with Crippen LogP contribution in [-0.4, -0.2) is 20.5 Å². The minimum absolute atomic E-state index is 0.338. The Labute approximate surface area is 95.5 Å². The fraction of sp³-hybridized carbons (Fsp3) is 0.300. The highest BCUT2D eigenvalue weighted by molar-refractivity contribution is 7.86. The number of hydrogen-bond acceptors (Lipinski definition) is 2. The van der Waals surface area contributed by atoms with Crippen LogP contribution in [0.4, 0.5) is 0 Å². The van der Waals surface area contributed by atoms with E-state index >= 15 is 0 Å². The van der Waals surface area contributed by atoms with Gasteiger partial charge in [0.05, 0.1) is 10.8 Å². The van der Waals surface area contributed by atoms with Crippen LogP contribution in [0.3, 0.4) is 0 Å². The second-order valence-corrected chi connectivity index (χ2v) is 5.06. The number of hydrogen-bond donors (Lipinski definition) is 1. The molecule has 15 heavy (non-hydrogen) atoms. The first-order valence-electron chi connectivity index (χ1n) is 4.45. The Hall–Kier alpha value is -0.870. The van der Waals surface area contributed by atoms with Crippen molar-refractivity contribution in [1.82, 2.24) is 0 Å². The average molecular weight is 247 g/mol. The molecule has 2 atom stereocenters. The van der Waals surface area contributed by atoms with Crippen LogP contribution < -0.4 is 0 Å². The molecule has 0 heterocycles. The summed E-state index contributed by atoms with van der Waals surface area (Å²) in [6, 6.07) is 6.38. The molecule has 0 saturated carbocycles. The molecule has 0 saturated heterocycles. The number of carbonyl (C=O) groups is 1. The number of carboxylic acid groups (broad SMARTS) is 1. The lowest BCUT2D eigenvalue weighted by Crippen LogP contribution is -2.24. The lowest BCUT2D eigenvalue weighted by molar-refractivity contribution is -0.136. The standard InChI is InChI=1S/C10H11ClO3S/c1-2-9(10(12)13)15(14)8-5-3-7(11)4-6-8/h3-6,9H,2H2,1H3,(H,12,13). The van der Waals surface area contributed by atoms with Crippen molar-refractivity contribution in [3.8, 4) is 0 Å². The predicted octanol–water partition coefficient (Wildman–Crippen LogP) is 2.31. The summed E-state index contributed by atoms with van der Waals surface area (Å²) >= 11 is 5.68. The lowest BCUT2D eigenvalue weighted by Gasteiger charge is -2.09. The maximum Gasteiger partial charge on any atom is 0.319 e. The molecule has 2 unspecified atom stereocenters. The second kappa shape index (κ2) is 5.28. The van der Waals surface area contributed by atoms with Gasteiger partial charge in [-0.1, -0.05) is 18.5 Å². The minimum atomic E-state index is -1.52. The van der Waals surface area contributed by atoms with Crippen molar-refractivity contribution in [2.75, 3.05) is 0 Å². The maximum absolute atomic E-state index is 11.8. The molecule has 0 aromatic heterocycles. The summed E-state index contributed by atoms with van der Waals surface area (Å²) in [5.41, 5.74) is 0. The molecule has 0 bridgehead atoms. The molecule has 3 nitrogen and oxygen atoms in total. The average Bonchev–Trinajstić information content (AvgIpc) is 2.19. The zero-order valence-electron chi connectivity index (χ0n) is 8.14. The molecule has 0 aliphatic heterocycles. The summed E-state index contributed by atoms with van der Waals surface area (Å²) < 4.78 is 11.8. The fourth-order valence-electron chi connectivity index (χ4n) is 1.15. The number of aliphatic carboxylic acids is 1. The summed E-state index contributed by atoms with van der Waals surface area (Å²) in [5.74, 6) is -1.04. The third kappa shape index (κ3) is 3.04. The van der Waals surface area contributed by atoms with Gasteiger partial charge in [0.15, 0.2) is 0 Å². The number of carboxylic acids is 1. The SMILES string of the molecule is CCC(C(=O)O)S(=O)c1ccc(Cl)cc1. The van der Waals surface area contributed by atoms with Crippen LogP contribution >= 0.6 is 11.6 Å². The number of benzene rings is 1. The zero-order chi connectivity index (χ0) is 11.4. The molecule has 0 amide bonds. The molecule has 1 rings (SSSR count). The molecular weight excluding hydrogens is 236 g/mol. The molecule has 1 N–H and O–H groups in total. The van der Waals surface area contributed by atoms with Gasteiger partial charge < -0.3 is 5.11 Å². The molecule has 0 aliphatic carbocycles. The van der Waals surface area contributed by atoms with Gasteiger partial charge in [0.25, 0.3) is 0 Å². The Morgan fingerprint density at radius 2 is 2.00 bits per heavy atom. The van der Waals surface area contributed by atoms with Crippen LogP contribution in [0.25, 0.3) is 0 Å². The van der Waals surface area contributed by atoms with E-state index in [0.29, 0.717) is 16.3 Å². The van der Waals surface area contributed by atoms with Crippen LogP contribution in [0.2, 0.25) is 5.02 Å². The summed E-state index contributed by atoms with van der Waals surface area (Å²) in [7, 11) is -1.52. The van der Waals surface area contributed by atoms with E-state index in [-0.39, 0.29) is 0 Å². The van der Waals surface area contributed by atoms with E-state index in [2.05, 4.69) is 0 Å². The highest BCUT2D eigenvalue weighted by Crippen LogP contribution is 2.17. The van der Waals surface area contributed by atoms with E-state index in [4.69, 9.17) is 16.7 Å². The molecular formula is C10H11ClO3S. The first kappa shape index (κ1) is 12.2. The van der Waals surface area contributed by atoms with Gasteiger partial charge in [-0.25, -0.2) is 0 Å². The summed E-state index contributed by atoms with van der Waals surface area (Å²) in [5, 5.41) is 8.53. The smallest absolute Gasteiger partial charge is 0.319 e. The molecule has 0 spiro atoms. The van der Waals surface area contributed by atoms with E-state index < -0.39 is 22.0 Å². The van der Waals surface area contributed by atoms with Crippen LogP contribution in [0.15, 0.2) is 29.2 Å². The first-order valence-corrected chi connectivity index (χ1v) is 6.04. The first-order chi connectivity index (χ1) is 7.06. The second-order valence-electron chi connectivity index (χ2n) is 2.99. The van der Waals surface area contributed by atoms with Crippen molar-refractivity contribution < 1.29 is 14.1 Å². The van der Waals surface area contributed by atoms with Crippen LogP contribution in [0.1, 0.15) is 13.3 Å². The Morgan fingerprint density at radius 3 is 2.40 bits per heavy atom. The number of rotatable bonds is 4. The molecule has 0 fully saturated rings. The predicted molar refractivity (Wildman–Crippen MR) is 59.6 cm³/mol. The third-order valence-electron chi connectivity index (χ3n) is 1.95. The molecule has 5 heteroatoms. The summed E-state index contributed by atoms with van der Waals surface area (Å²) in [6.07, 6.45) is 0.338.